The molecule has 0 fully saturated rings. The number of hydrogen-bond acceptors (Lipinski definition) is 2. The monoisotopic (exact) mass is 221 g/mol. The van der Waals surface area contributed by atoms with E-state index in [0.29, 0.717) is 0 Å². The zero-order valence-corrected chi connectivity index (χ0v) is 9.15. The summed E-state index contributed by atoms with van der Waals surface area (Å²) in [5, 5.41) is 3.22. The molecule has 4 heteroatoms. The third kappa shape index (κ3) is 2.92. The number of para-hydroxylation sites is 1. The van der Waals surface area contributed by atoms with Gasteiger partial charge in [-0.3, -0.25) is 0 Å². The van der Waals surface area contributed by atoms with Gasteiger partial charge in [-0.05, 0) is 12.1 Å². The Balaban J connectivity index is 0.00000112. The third-order valence-corrected chi connectivity index (χ3v) is 1.96. The van der Waals surface area contributed by atoms with E-state index in [9.17, 15) is 0 Å². The normalized spacial score (nSPS) is 9.13. The lowest BCUT2D eigenvalue weighted by Crippen LogP contribution is -3.00. The Morgan fingerprint density at radius 2 is 1.87 bits per heavy atom. The molecular formula is C11H12ClN3. The van der Waals surface area contributed by atoms with Crippen LogP contribution in [0.25, 0.3) is 0 Å². The molecular weight excluding hydrogens is 210 g/mol. The van der Waals surface area contributed by atoms with Gasteiger partial charge in [0.15, 0.2) is 0 Å². The lowest BCUT2D eigenvalue weighted by molar-refractivity contribution is -0.659. The van der Waals surface area contributed by atoms with Gasteiger partial charge in [-0.2, -0.15) is 0 Å². The van der Waals surface area contributed by atoms with Gasteiger partial charge in [0.25, 0.3) is 0 Å². The summed E-state index contributed by atoms with van der Waals surface area (Å²) < 4.78 is 1.94. The predicted octanol–water partition coefficient (Wildman–Crippen LogP) is -1.35. The lowest BCUT2D eigenvalue weighted by atomic mass is 10.3. The molecule has 15 heavy (non-hydrogen) atoms. The first-order valence-corrected chi connectivity index (χ1v) is 4.49. The molecule has 0 unspecified atom stereocenters. The van der Waals surface area contributed by atoms with E-state index in [1.54, 1.807) is 6.20 Å². The highest BCUT2D eigenvalue weighted by molar-refractivity contribution is 5.50. The van der Waals surface area contributed by atoms with Crippen molar-refractivity contribution in [2.75, 3.05) is 5.32 Å². The highest BCUT2D eigenvalue weighted by Crippen LogP contribution is 2.08. The standard InChI is InChI=1S/C11H11N3.ClH/c1-14-9-5-8-12-11(14)13-10-6-3-2-4-7-10;/h2-9H,1H3;1H. The summed E-state index contributed by atoms with van der Waals surface area (Å²) in [6.07, 6.45) is 3.73. The number of anilines is 2. The highest BCUT2D eigenvalue weighted by Gasteiger charge is 2.05. The summed E-state index contributed by atoms with van der Waals surface area (Å²) in [5.74, 6) is 0.832. The smallest absolute Gasteiger partial charge is 0.396 e. The summed E-state index contributed by atoms with van der Waals surface area (Å²) in [6.45, 7) is 0. The van der Waals surface area contributed by atoms with Crippen LogP contribution in [0.3, 0.4) is 0 Å². The van der Waals surface area contributed by atoms with Crippen molar-refractivity contribution in [2.45, 2.75) is 0 Å². The molecule has 0 spiro atoms. The second-order valence-electron chi connectivity index (χ2n) is 3.05. The van der Waals surface area contributed by atoms with Crippen molar-refractivity contribution in [3.8, 4) is 0 Å². The Kier molecular flexibility index (Phi) is 4.06. The van der Waals surface area contributed by atoms with E-state index in [4.69, 9.17) is 0 Å². The van der Waals surface area contributed by atoms with E-state index in [2.05, 4.69) is 10.3 Å². The molecule has 0 aliphatic carbocycles. The van der Waals surface area contributed by atoms with E-state index in [-0.39, 0.29) is 12.4 Å². The molecule has 0 saturated heterocycles. The number of aromatic nitrogens is 2. The van der Waals surface area contributed by atoms with Crippen molar-refractivity contribution in [3.05, 3.63) is 48.8 Å². The van der Waals surface area contributed by atoms with Gasteiger partial charge in [-0.1, -0.05) is 23.2 Å². The topological polar surface area (TPSA) is 28.8 Å². The lowest BCUT2D eigenvalue weighted by Gasteiger charge is -2.00. The van der Waals surface area contributed by atoms with Crippen molar-refractivity contribution >= 4 is 11.6 Å². The van der Waals surface area contributed by atoms with E-state index >= 15 is 0 Å². The molecule has 1 N–H and O–H groups in total. The fourth-order valence-electron chi connectivity index (χ4n) is 1.21. The van der Waals surface area contributed by atoms with Crippen LogP contribution in [0.15, 0.2) is 48.8 Å². The van der Waals surface area contributed by atoms with Gasteiger partial charge in [0.05, 0.1) is 18.9 Å². The molecule has 0 bridgehead atoms. The first-order chi connectivity index (χ1) is 6.86. The molecule has 0 saturated carbocycles. The van der Waals surface area contributed by atoms with Gasteiger partial charge < -0.3 is 12.4 Å². The van der Waals surface area contributed by atoms with E-state index in [0.717, 1.165) is 11.6 Å². The maximum atomic E-state index is 4.23. The molecule has 0 aliphatic heterocycles. The SMILES string of the molecule is C[n+]1cccnc1Nc1ccccc1.[Cl-]. The molecule has 78 valence electrons. The summed E-state index contributed by atoms with van der Waals surface area (Å²) in [7, 11) is 1.96. The predicted molar refractivity (Wildman–Crippen MR) is 55.1 cm³/mol. The van der Waals surface area contributed by atoms with Crippen molar-refractivity contribution < 1.29 is 17.0 Å². The van der Waals surface area contributed by atoms with Crippen LogP contribution >= 0.6 is 0 Å². The van der Waals surface area contributed by atoms with Crippen molar-refractivity contribution in [1.29, 1.82) is 0 Å². The van der Waals surface area contributed by atoms with Crippen LogP contribution in [0.5, 0.6) is 0 Å². The number of nitrogens with zero attached hydrogens (tertiary/aromatic N) is 2. The Bertz CT molecular complexity index is 417. The molecule has 1 heterocycles. The summed E-state index contributed by atoms with van der Waals surface area (Å²) in [4.78, 5) is 4.23. The van der Waals surface area contributed by atoms with Crippen LogP contribution in [0.4, 0.5) is 11.6 Å². The fraction of sp³-hybridized carbons (Fsp3) is 0.0909. The van der Waals surface area contributed by atoms with Gasteiger partial charge >= 0.3 is 5.95 Å². The van der Waals surface area contributed by atoms with Crippen molar-refractivity contribution in [2.24, 2.45) is 7.05 Å². The Morgan fingerprint density at radius 3 is 2.53 bits per heavy atom. The summed E-state index contributed by atoms with van der Waals surface area (Å²) in [6, 6.07) is 11.9. The Morgan fingerprint density at radius 1 is 1.13 bits per heavy atom. The van der Waals surface area contributed by atoms with Gasteiger partial charge in [-0.25, -0.2) is 9.88 Å². The molecule has 0 atom stereocenters. The summed E-state index contributed by atoms with van der Waals surface area (Å²) in [5.41, 5.74) is 1.04. The van der Waals surface area contributed by atoms with Gasteiger partial charge in [0, 0.05) is 6.07 Å². The largest absolute Gasteiger partial charge is 1.00 e. The number of halogens is 1. The number of aryl methyl sites for hydroxylation is 1. The average molecular weight is 222 g/mol. The highest BCUT2D eigenvalue weighted by atomic mass is 35.5. The van der Waals surface area contributed by atoms with Crippen LogP contribution in [0.1, 0.15) is 0 Å². The minimum Gasteiger partial charge on any atom is -1.00 e. The summed E-state index contributed by atoms with van der Waals surface area (Å²) >= 11 is 0. The number of benzene rings is 1. The number of rotatable bonds is 2. The minimum atomic E-state index is 0. The average Bonchev–Trinajstić information content (AvgIpc) is 2.23. The third-order valence-electron chi connectivity index (χ3n) is 1.96. The zero-order valence-electron chi connectivity index (χ0n) is 8.39. The molecule has 3 nitrogen and oxygen atoms in total. The van der Waals surface area contributed by atoms with Crippen LogP contribution in [-0.2, 0) is 7.05 Å². The number of nitrogens with one attached hydrogen (secondary N) is 1. The molecule has 2 rings (SSSR count). The second-order valence-corrected chi connectivity index (χ2v) is 3.05. The maximum Gasteiger partial charge on any atom is 0.396 e. The molecule has 1 aromatic heterocycles. The van der Waals surface area contributed by atoms with Crippen molar-refractivity contribution in [3.63, 3.8) is 0 Å². The van der Waals surface area contributed by atoms with Gasteiger partial charge in [0.1, 0.15) is 6.20 Å². The van der Waals surface area contributed by atoms with E-state index < -0.39 is 0 Å². The Hall–Kier alpha value is -1.61. The van der Waals surface area contributed by atoms with Crippen LogP contribution in [0, 0.1) is 0 Å². The molecule has 2 aromatic rings. The minimum absolute atomic E-state index is 0. The van der Waals surface area contributed by atoms with Gasteiger partial charge in [0.2, 0.25) is 0 Å². The molecule has 0 aliphatic rings. The van der Waals surface area contributed by atoms with Crippen molar-refractivity contribution in [1.82, 2.24) is 4.98 Å². The van der Waals surface area contributed by atoms with Crippen LogP contribution in [0.2, 0.25) is 0 Å². The quantitative estimate of drug-likeness (QED) is 0.636. The van der Waals surface area contributed by atoms with E-state index in [1.165, 1.54) is 0 Å². The van der Waals surface area contributed by atoms with Crippen LogP contribution < -0.4 is 22.3 Å². The number of hydrogen-bond donors (Lipinski definition) is 1. The molecule has 0 amide bonds. The fourth-order valence-corrected chi connectivity index (χ4v) is 1.21. The van der Waals surface area contributed by atoms with E-state index in [1.807, 2.05) is 54.2 Å². The Labute approximate surface area is 95.2 Å². The van der Waals surface area contributed by atoms with Crippen LogP contribution in [-0.4, -0.2) is 4.98 Å². The first kappa shape index (κ1) is 11.5. The molecule has 1 aromatic carbocycles. The molecule has 0 radical (unpaired) electrons. The second kappa shape index (κ2) is 5.32. The van der Waals surface area contributed by atoms with Gasteiger partial charge in [-0.15, -0.1) is 0 Å². The maximum absolute atomic E-state index is 4.23. The first-order valence-electron chi connectivity index (χ1n) is 4.49. The zero-order chi connectivity index (χ0) is 9.80.